The average Bonchev–Trinajstić information content (AvgIpc) is 2.96. The van der Waals surface area contributed by atoms with E-state index in [1.807, 2.05) is 0 Å². The van der Waals surface area contributed by atoms with Crippen molar-refractivity contribution < 1.29 is 9.53 Å². The number of aromatic nitrogens is 4. The van der Waals surface area contributed by atoms with Crippen LogP contribution in [0.2, 0.25) is 5.02 Å². The molecular weight excluding hydrogens is 294 g/mol. The van der Waals surface area contributed by atoms with E-state index in [0.717, 1.165) is 0 Å². The number of carbonyl (C=O) groups excluding carboxylic acids is 1. The fourth-order valence-electron chi connectivity index (χ4n) is 1.71. The van der Waals surface area contributed by atoms with Crippen molar-refractivity contribution in [1.29, 1.82) is 0 Å². The highest BCUT2D eigenvalue weighted by atomic mass is 35.5. The third kappa shape index (κ3) is 3.09. The highest BCUT2D eigenvalue weighted by Crippen LogP contribution is 2.17. The quantitative estimate of drug-likeness (QED) is 0.769. The number of H-pyrrole nitrogens is 1. The lowest BCUT2D eigenvalue weighted by atomic mass is 10.3. The number of rotatable bonds is 4. The number of nitrogens with one attached hydrogen (secondary N) is 2. The van der Waals surface area contributed by atoms with Crippen LogP contribution in [-0.4, -0.2) is 32.7 Å². The lowest BCUT2D eigenvalue weighted by Crippen LogP contribution is -2.20. The van der Waals surface area contributed by atoms with E-state index in [-0.39, 0.29) is 12.5 Å². The van der Waals surface area contributed by atoms with Gasteiger partial charge >= 0.3 is 0 Å². The molecule has 1 amide bonds. The molecule has 0 aliphatic rings. The maximum Gasteiger partial charge on any atom is 0.263 e. The molecule has 0 fully saturated rings. The fraction of sp³-hybridized carbons (Fsp3) is 0.0769. The Bertz CT molecular complexity index is 772. The van der Waals surface area contributed by atoms with Gasteiger partial charge in [-0.3, -0.25) is 9.89 Å². The lowest BCUT2D eigenvalue weighted by molar-refractivity contribution is -0.118. The summed E-state index contributed by atoms with van der Waals surface area (Å²) in [5, 5.41) is 10.4. The Balaban J connectivity index is 1.64. The van der Waals surface area contributed by atoms with Crippen molar-refractivity contribution in [2.75, 3.05) is 11.9 Å². The van der Waals surface area contributed by atoms with Crippen LogP contribution in [0, 0.1) is 0 Å². The number of nitrogens with zero attached hydrogens (tertiary/aromatic N) is 3. The van der Waals surface area contributed by atoms with Crippen LogP contribution in [0.1, 0.15) is 0 Å². The first-order valence-corrected chi connectivity index (χ1v) is 6.42. The summed E-state index contributed by atoms with van der Waals surface area (Å²) >= 11 is 5.77. The second-order valence-electron chi connectivity index (χ2n) is 4.15. The number of amides is 1. The van der Waals surface area contributed by atoms with Gasteiger partial charge in [0.1, 0.15) is 17.9 Å². The van der Waals surface area contributed by atoms with Crippen molar-refractivity contribution >= 4 is 34.4 Å². The molecule has 0 saturated carbocycles. The predicted molar refractivity (Wildman–Crippen MR) is 77.3 cm³/mol. The van der Waals surface area contributed by atoms with E-state index < -0.39 is 0 Å². The number of ether oxygens (including phenoxy) is 1. The predicted octanol–water partition coefficient (Wildman–Crippen LogP) is 2.02. The number of hydrogen-bond acceptors (Lipinski definition) is 5. The number of aromatic amines is 1. The number of halogens is 1. The van der Waals surface area contributed by atoms with Crippen LogP contribution in [0.5, 0.6) is 5.75 Å². The summed E-state index contributed by atoms with van der Waals surface area (Å²) < 4.78 is 5.35. The third-order valence-electron chi connectivity index (χ3n) is 2.69. The Morgan fingerprint density at radius 1 is 1.29 bits per heavy atom. The van der Waals surface area contributed by atoms with E-state index in [9.17, 15) is 4.79 Å². The molecule has 3 aromatic rings. The van der Waals surface area contributed by atoms with Crippen molar-refractivity contribution in [1.82, 2.24) is 20.2 Å². The van der Waals surface area contributed by atoms with Crippen LogP contribution in [0.15, 0.2) is 36.8 Å². The first kappa shape index (κ1) is 13.3. The second kappa shape index (κ2) is 5.76. The molecule has 7 nitrogen and oxygen atoms in total. The topological polar surface area (TPSA) is 92.8 Å². The number of carbonyl (C=O) groups is 1. The molecule has 3 rings (SSSR count). The van der Waals surface area contributed by atoms with Gasteiger partial charge in [0.25, 0.3) is 5.91 Å². The molecule has 0 aliphatic heterocycles. The Labute approximate surface area is 124 Å². The molecule has 21 heavy (non-hydrogen) atoms. The summed E-state index contributed by atoms with van der Waals surface area (Å²) in [5.74, 6) is 0.621. The van der Waals surface area contributed by atoms with Gasteiger partial charge in [0.15, 0.2) is 12.3 Å². The largest absolute Gasteiger partial charge is 0.484 e. The van der Waals surface area contributed by atoms with Crippen LogP contribution in [0.3, 0.4) is 0 Å². The van der Waals surface area contributed by atoms with Gasteiger partial charge in [-0.25, -0.2) is 9.97 Å². The van der Waals surface area contributed by atoms with Crippen molar-refractivity contribution in [2.45, 2.75) is 0 Å². The van der Waals surface area contributed by atoms with Crippen LogP contribution in [0.25, 0.3) is 11.0 Å². The molecule has 0 saturated heterocycles. The lowest BCUT2D eigenvalue weighted by Gasteiger charge is -2.07. The molecule has 2 heterocycles. The smallest absolute Gasteiger partial charge is 0.263 e. The maximum atomic E-state index is 11.9. The molecule has 2 aromatic heterocycles. The third-order valence-corrected chi connectivity index (χ3v) is 2.94. The van der Waals surface area contributed by atoms with Gasteiger partial charge < -0.3 is 10.1 Å². The Kier molecular flexibility index (Phi) is 3.65. The Morgan fingerprint density at radius 3 is 2.90 bits per heavy atom. The van der Waals surface area contributed by atoms with Crippen molar-refractivity contribution in [3.63, 3.8) is 0 Å². The summed E-state index contributed by atoms with van der Waals surface area (Å²) in [6.07, 6.45) is 2.89. The van der Waals surface area contributed by atoms with Crippen LogP contribution in [0.4, 0.5) is 5.82 Å². The van der Waals surface area contributed by atoms with Crippen molar-refractivity contribution in [2.24, 2.45) is 0 Å². The summed E-state index contributed by atoms with van der Waals surface area (Å²) in [6, 6.07) is 6.76. The zero-order valence-electron chi connectivity index (χ0n) is 10.7. The van der Waals surface area contributed by atoms with E-state index in [4.69, 9.17) is 16.3 Å². The highest BCUT2D eigenvalue weighted by molar-refractivity contribution is 6.30. The number of benzene rings is 1. The van der Waals surface area contributed by atoms with Gasteiger partial charge in [-0.05, 0) is 24.3 Å². The van der Waals surface area contributed by atoms with Crippen LogP contribution >= 0.6 is 11.6 Å². The standard InChI is InChI=1S/C13H10ClN5O2/c14-8-1-3-9(4-2-8)21-6-11(20)18-12-10-5-17-19-13(10)16-7-15-12/h1-5,7H,6H2,(H2,15,16,17,18,19,20). The minimum atomic E-state index is -0.328. The maximum absolute atomic E-state index is 11.9. The second-order valence-corrected chi connectivity index (χ2v) is 4.58. The van der Waals surface area contributed by atoms with Gasteiger partial charge in [-0.1, -0.05) is 11.6 Å². The van der Waals surface area contributed by atoms with E-state index in [0.29, 0.717) is 27.6 Å². The highest BCUT2D eigenvalue weighted by Gasteiger charge is 2.09. The van der Waals surface area contributed by atoms with Crippen molar-refractivity contribution in [3.8, 4) is 5.75 Å². The van der Waals surface area contributed by atoms with Gasteiger partial charge in [0, 0.05) is 5.02 Å². The minimum absolute atomic E-state index is 0.134. The van der Waals surface area contributed by atoms with Crippen molar-refractivity contribution in [3.05, 3.63) is 41.8 Å². The number of hydrogen-bond donors (Lipinski definition) is 2. The van der Waals surface area contributed by atoms with Crippen LogP contribution in [-0.2, 0) is 4.79 Å². The molecule has 0 unspecified atom stereocenters. The summed E-state index contributed by atoms with van der Waals surface area (Å²) in [4.78, 5) is 19.9. The normalized spacial score (nSPS) is 10.5. The molecule has 0 atom stereocenters. The molecular formula is C13H10ClN5O2. The zero-order chi connectivity index (χ0) is 14.7. The van der Waals surface area contributed by atoms with E-state index in [1.165, 1.54) is 6.33 Å². The van der Waals surface area contributed by atoms with E-state index >= 15 is 0 Å². The van der Waals surface area contributed by atoms with Gasteiger partial charge in [0.2, 0.25) is 0 Å². The first-order valence-electron chi connectivity index (χ1n) is 6.04. The molecule has 0 radical (unpaired) electrons. The SMILES string of the molecule is O=C(COc1ccc(Cl)cc1)Nc1ncnc2[nH]ncc12. The zero-order valence-corrected chi connectivity index (χ0v) is 11.5. The monoisotopic (exact) mass is 303 g/mol. The Morgan fingerprint density at radius 2 is 2.10 bits per heavy atom. The molecule has 0 spiro atoms. The molecule has 1 aromatic carbocycles. The number of anilines is 1. The molecule has 8 heteroatoms. The fourth-order valence-corrected chi connectivity index (χ4v) is 1.84. The van der Waals surface area contributed by atoms with Gasteiger partial charge in [-0.15, -0.1) is 0 Å². The summed E-state index contributed by atoms with van der Waals surface area (Å²) in [5.41, 5.74) is 0.555. The Hall–Kier alpha value is -2.67. The van der Waals surface area contributed by atoms with E-state index in [1.54, 1.807) is 30.5 Å². The number of fused-ring (bicyclic) bond motifs is 1. The molecule has 106 valence electrons. The minimum Gasteiger partial charge on any atom is -0.484 e. The van der Waals surface area contributed by atoms with Gasteiger partial charge in [-0.2, -0.15) is 5.10 Å². The van der Waals surface area contributed by atoms with Gasteiger partial charge in [0.05, 0.1) is 11.6 Å². The summed E-state index contributed by atoms with van der Waals surface area (Å²) in [6.45, 7) is -0.134. The first-order chi connectivity index (χ1) is 10.2. The molecule has 0 bridgehead atoms. The summed E-state index contributed by atoms with van der Waals surface area (Å²) in [7, 11) is 0. The van der Waals surface area contributed by atoms with E-state index in [2.05, 4.69) is 25.5 Å². The molecule has 0 aliphatic carbocycles. The van der Waals surface area contributed by atoms with Crippen LogP contribution < -0.4 is 10.1 Å². The average molecular weight is 304 g/mol. The molecule has 2 N–H and O–H groups in total.